The summed E-state index contributed by atoms with van der Waals surface area (Å²) in [6.45, 7) is 5.86. The number of para-hydroxylation sites is 1. The molecule has 0 radical (unpaired) electrons. The first-order valence-electron chi connectivity index (χ1n) is 20.2. The molecule has 57 heavy (non-hydrogen) atoms. The lowest BCUT2D eigenvalue weighted by molar-refractivity contribution is 0.0607. The number of aryl methyl sites for hydroxylation is 1. The Morgan fingerprint density at radius 3 is 1.65 bits per heavy atom. The molecule has 0 saturated carbocycles. The SMILES string of the molecule is CCCCCCCCN1C(=O)c2cccc3c(C#Cc4ccc(C#Cc5ccc(C#Cc6ccc7c(c6)c6ccccc6n7CCC)cc5)cc4)ccc(c23)C1=O. The average Bonchev–Trinajstić information content (AvgIpc) is 3.56. The minimum absolute atomic E-state index is 0.213. The first-order valence-corrected chi connectivity index (χ1v) is 20.2. The van der Waals surface area contributed by atoms with Crippen molar-refractivity contribution in [2.24, 2.45) is 0 Å². The molecule has 4 nitrogen and oxygen atoms in total. The fraction of sp³-hybridized carbons (Fsp3) is 0.208. The predicted molar refractivity (Wildman–Crippen MR) is 233 cm³/mol. The summed E-state index contributed by atoms with van der Waals surface area (Å²) in [6, 6.07) is 40.4. The van der Waals surface area contributed by atoms with Crippen LogP contribution >= 0.6 is 0 Å². The highest BCUT2D eigenvalue weighted by atomic mass is 16.2. The molecule has 8 rings (SSSR count). The molecular formula is C53H44N2O2. The fourth-order valence-electron chi connectivity index (χ4n) is 7.81. The lowest BCUT2D eigenvalue weighted by Crippen LogP contribution is -2.40. The van der Waals surface area contributed by atoms with Gasteiger partial charge in [0.1, 0.15) is 0 Å². The van der Waals surface area contributed by atoms with Crippen LogP contribution < -0.4 is 0 Å². The van der Waals surface area contributed by atoms with Gasteiger partial charge < -0.3 is 4.57 Å². The number of amides is 2. The number of aromatic nitrogens is 1. The first kappa shape index (κ1) is 37.1. The molecule has 0 N–H and O–H groups in total. The lowest BCUT2D eigenvalue weighted by atomic mass is 9.91. The van der Waals surface area contributed by atoms with Crippen molar-refractivity contribution in [3.63, 3.8) is 0 Å². The van der Waals surface area contributed by atoms with Crippen molar-refractivity contribution in [3.8, 4) is 35.5 Å². The quantitative estimate of drug-likeness (QED) is 0.0840. The maximum absolute atomic E-state index is 13.5. The van der Waals surface area contributed by atoms with Crippen LogP contribution in [0, 0.1) is 35.5 Å². The van der Waals surface area contributed by atoms with Crippen LogP contribution in [0.4, 0.5) is 0 Å². The van der Waals surface area contributed by atoms with Crippen molar-refractivity contribution in [1.29, 1.82) is 0 Å². The Hall–Kier alpha value is -6.80. The molecule has 2 amide bonds. The number of nitrogens with zero attached hydrogens (tertiary/aromatic N) is 2. The van der Waals surface area contributed by atoms with Crippen LogP contribution in [0.5, 0.6) is 0 Å². The number of fused-ring (bicyclic) bond motifs is 3. The van der Waals surface area contributed by atoms with E-state index in [2.05, 4.69) is 96.4 Å². The Morgan fingerprint density at radius 2 is 0.982 bits per heavy atom. The molecule has 0 fully saturated rings. The van der Waals surface area contributed by atoms with E-state index < -0.39 is 0 Å². The summed E-state index contributed by atoms with van der Waals surface area (Å²) < 4.78 is 2.40. The number of carbonyl (C=O) groups excluding carboxylic acids is 2. The van der Waals surface area contributed by atoms with Crippen LogP contribution in [-0.2, 0) is 6.54 Å². The van der Waals surface area contributed by atoms with Gasteiger partial charge in [0.05, 0.1) is 0 Å². The Balaban J connectivity index is 0.927. The third-order valence-corrected chi connectivity index (χ3v) is 10.8. The first-order chi connectivity index (χ1) is 28.0. The van der Waals surface area contributed by atoms with E-state index in [1.165, 1.54) is 46.0 Å². The number of benzene rings is 6. The lowest BCUT2D eigenvalue weighted by Gasteiger charge is -2.27. The van der Waals surface area contributed by atoms with E-state index in [1.807, 2.05) is 78.9 Å². The van der Waals surface area contributed by atoms with E-state index in [-0.39, 0.29) is 11.8 Å². The summed E-state index contributed by atoms with van der Waals surface area (Å²) in [5, 5.41) is 4.04. The maximum Gasteiger partial charge on any atom is 0.261 e. The van der Waals surface area contributed by atoms with Gasteiger partial charge in [0.2, 0.25) is 0 Å². The second-order valence-electron chi connectivity index (χ2n) is 14.7. The molecule has 0 aliphatic carbocycles. The van der Waals surface area contributed by atoms with Crippen molar-refractivity contribution in [2.45, 2.75) is 65.3 Å². The van der Waals surface area contributed by atoms with E-state index in [9.17, 15) is 9.59 Å². The molecule has 2 heterocycles. The van der Waals surface area contributed by atoms with Gasteiger partial charge in [-0.2, -0.15) is 0 Å². The minimum Gasteiger partial charge on any atom is -0.340 e. The summed E-state index contributed by atoms with van der Waals surface area (Å²) in [4.78, 5) is 28.4. The monoisotopic (exact) mass is 740 g/mol. The largest absolute Gasteiger partial charge is 0.340 e. The normalized spacial score (nSPS) is 11.9. The number of unbranched alkanes of at least 4 members (excludes halogenated alkanes) is 5. The minimum atomic E-state index is -0.213. The van der Waals surface area contributed by atoms with Gasteiger partial charge in [-0.25, -0.2) is 0 Å². The molecule has 1 aliphatic rings. The smallest absolute Gasteiger partial charge is 0.261 e. The zero-order valence-corrected chi connectivity index (χ0v) is 32.6. The number of rotatable bonds is 9. The zero-order valence-electron chi connectivity index (χ0n) is 32.6. The van der Waals surface area contributed by atoms with Gasteiger partial charge in [-0.15, -0.1) is 0 Å². The van der Waals surface area contributed by atoms with Gasteiger partial charge in [0.15, 0.2) is 0 Å². The highest BCUT2D eigenvalue weighted by molar-refractivity contribution is 6.26. The molecule has 0 spiro atoms. The summed E-state index contributed by atoms with van der Waals surface area (Å²) in [5.41, 5.74) is 9.05. The van der Waals surface area contributed by atoms with Crippen LogP contribution in [0.1, 0.15) is 113 Å². The third-order valence-electron chi connectivity index (χ3n) is 10.8. The van der Waals surface area contributed by atoms with Gasteiger partial charge in [-0.05, 0) is 109 Å². The number of carbonyl (C=O) groups is 2. The van der Waals surface area contributed by atoms with Crippen molar-refractivity contribution < 1.29 is 9.59 Å². The molecule has 0 bridgehead atoms. The van der Waals surface area contributed by atoms with Gasteiger partial charge in [0, 0.05) is 84.8 Å². The molecule has 278 valence electrons. The van der Waals surface area contributed by atoms with Crippen molar-refractivity contribution in [2.75, 3.05) is 6.54 Å². The van der Waals surface area contributed by atoms with E-state index in [0.29, 0.717) is 23.1 Å². The Labute approximate surface area is 335 Å². The maximum atomic E-state index is 13.5. The number of hydrogen-bond donors (Lipinski definition) is 0. The van der Waals surface area contributed by atoms with Gasteiger partial charge in [-0.3, -0.25) is 14.5 Å². The summed E-state index contributed by atoms with van der Waals surface area (Å²) in [5.74, 6) is 19.4. The molecule has 0 unspecified atom stereocenters. The number of hydrogen-bond acceptors (Lipinski definition) is 2. The second-order valence-corrected chi connectivity index (χ2v) is 14.7. The topological polar surface area (TPSA) is 42.3 Å². The predicted octanol–water partition coefficient (Wildman–Crippen LogP) is 11.5. The van der Waals surface area contributed by atoms with Gasteiger partial charge in [-0.1, -0.05) is 112 Å². The fourth-order valence-corrected chi connectivity index (χ4v) is 7.81. The molecule has 6 aromatic carbocycles. The highest BCUT2D eigenvalue weighted by Gasteiger charge is 2.32. The van der Waals surface area contributed by atoms with Crippen LogP contribution in [-0.4, -0.2) is 27.8 Å². The highest BCUT2D eigenvalue weighted by Crippen LogP contribution is 2.33. The molecule has 1 aromatic heterocycles. The van der Waals surface area contributed by atoms with Crippen molar-refractivity contribution >= 4 is 44.4 Å². The summed E-state index contributed by atoms with van der Waals surface area (Å²) >= 11 is 0. The van der Waals surface area contributed by atoms with Gasteiger partial charge >= 0.3 is 0 Å². The van der Waals surface area contributed by atoms with Crippen LogP contribution in [0.2, 0.25) is 0 Å². The van der Waals surface area contributed by atoms with Crippen LogP contribution in [0.3, 0.4) is 0 Å². The van der Waals surface area contributed by atoms with Crippen molar-refractivity contribution in [1.82, 2.24) is 9.47 Å². The zero-order chi connectivity index (χ0) is 39.1. The second kappa shape index (κ2) is 16.9. The third kappa shape index (κ3) is 7.85. The Bertz CT molecular complexity index is 2820. The average molecular weight is 741 g/mol. The van der Waals surface area contributed by atoms with Crippen LogP contribution in [0.15, 0.2) is 121 Å². The summed E-state index contributed by atoms with van der Waals surface area (Å²) in [6.07, 6.45) is 7.68. The standard InChI is InChI=1S/C53H44N2O2/c1-3-5-6-7-8-11-36-55-52(56)46-15-12-14-44-43(32-33-47(51(44)46)53(55)57)31-29-41-25-23-39(24-26-41)18-17-38-19-21-40(22-20-38)27-28-42-30-34-50-48(37-42)45-13-9-10-16-49(45)54(50)35-4-2/h9-10,12-16,19-26,30,32-34,37H,3-8,11,35-36H2,1-2H3. The molecular weight excluding hydrogens is 697 g/mol. The van der Waals surface area contributed by atoms with E-state index in [4.69, 9.17) is 0 Å². The molecule has 4 heteroatoms. The Kier molecular flexibility index (Phi) is 11.0. The Morgan fingerprint density at radius 1 is 0.439 bits per heavy atom. The van der Waals surface area contributed by atoms with E-state index >= 15 is 0 Å². The summed E-state index contributed by atoms with van der Waals surface area (Å²) in [7, 11) is 0. The molecule has 1 aliphatic heterocycles. The van der Waals surface area contributed by atoms with E-state index in [0.717, 1.165) is 71.0 Å². The molecule has 0 atom stereocenters. The molecule has 7 aromatic rings. The van der Waals surface area contributed by atoms with E-state index in [1.54, 1.807) is 0 Å². The van der Waals surface area contributed by atoms with Gasteiger partial charge in [0.25, 0.3) is 11.8 Å². The van der Waals surface area contributed by atoms with Crippen molar-refractivity contribution in [3.05, 3.63) is 166 Å². The number of imide groups is 1. The van der Waals surface area contributed by atoms with Crippen LogP contribution in [0.25, 0.3) is 32.6 Å². The molecule has 0 saturated heterocycles.